The van der Waals surface area contributed by atoms with Crippen molar-refractivity contribution < 1.29 is 0 Å². The monoisotopic (exact) mass is 333 g/mol. The fourth-order valence-electron chi connectivity index (χ4n) is 3.63. The number of fused-ring (bicyclic) bond motifs is 5. The minimum Gasteiger partial charge on any atom is -0.0632 e. The Morgan fingerprint density at radius 2 is 1.08 bits per heavy atom. The first-order valence-electron chi connectivity index (χ1n) is 8.04. The van der Waals surface area contributed by atoms with E-state index in [9.17, 15) is 0 Å². The van der Waals surface area contributed by atoms with Gasteiger partial charge in [0.1, 0.15) is 0 Å². The highest BCUT2D eigenvalue weighted by Gasteiger charge is 2.06. The third kappa shape index (κ3) is 2.04. The minimum atomic E-state index is 0.622. The predicted molar refractivity (Wildman–Crippen MR) is 108 cm³/mol. The summed E-state index contributed by atoms with van der Waals surface area (Å²) in [5.74, 6) is 0. The molecule has 0 amide bonds. The molecule has 0 aliphatic heterocycles. The Bertz CT molecular complexity index is 1240. The first-order chi connectivity index (χ1) is 11.8. The number of hydrogen-bond acceptors (Lipinski definition) is 0. The molecule has 2 heteroatoms. The van der Waals surface area contributed by atoms with Crippen LogP contribution in [0.25, 0.3) is 43.1 Å². The lowest BCUT2D eigenvalue weighted by Crippen LogP contribution is -2.14. The van der Waals surface area contributed by atoms with Gasteiger partial charge in [0.05, 0.1) is 9.04 Å². The van der Waals surface area contributed by atoms with Crippen molar-refractivity contribution in [2.24, 2.45) is 0 Å². The summed E-state index contributed by atoms with van der Waals surface area (Å²) in [6.07, 6.45) is 0. The summed E-state index contributed by atoms with van der Waals surface area (Å²) in [5.41, 5.74) is 0. The van der Waals surface area contributed by atoms with E-state index in [0.29, 0.717) is 9.04 Å². The molecule has 0 spiro atoms. The topological polar surface area (TPSA) is 0 Å². The highest BCUT2D eigenvalue weighted by atomic mass is 29.1. The fourth-order valence-corrected chi connectivity index (χ4v) is 4.82. The molecule has 0 aliphatic carbocycles. The van der Waals surface area contributed by atoms with Crippen LogP contribution in [-0.2, 0) is 0 Å². The molecular weight excluding hydrogens is 320 g/mol. The van der Waals surface area contributed by atoms with Crippen LogP contribution in [0.1, 0.15) is 0 Å². The molecule has 5 aromatic rings. The fraction of sp³-hybridized carbons (Fsp3) is 0. The molecule has 0 aliphatic rings. The van der Waals surface area contributed by atoms with E-state index >= 15 is 0 Å². The second-order valence-electron chi connectivity index (χ2n) is 6.21. The normalized spacial score (nSPS) is 11.7. The molecule has 0 aromatic heterocycles. The van der Waals surface area contributed by atoms with Crippen molar-refractivity contribution in [2.45, 2.75) is 0 Å². The summed E-state index contributed by atoms with van der Waals surface area (Å²) in [6.45, 7) is 0. The zero-order valence-electron chi connectivity index (χ0n) is 13.0. The number of benzene rings is 5. The molecule has 0 bridgehead atoms. The van der Waals surface area contributed by atoms with Crippen molar-refractivity contribution in [3.63, 3.8) is 0 Å². The van der Waals surface area contributed by atoms with Crippen molar-refractivity contribution >= 4 is 67.1 Å². The summed E-state index contributed by atoms with van der Waals surface area (Å²) in [6, 6.07) is 28.9. The van der Waals surface area contributed by atoms with E-state index in [-0.39, 0.29) is 0 Å². The van der Waals surface area contributed by atoms with Crippen molar-refractivity contribution in [2.75, 3.05) is 0 Å². The van der Waals surface area contributed by atoms with Gasteiger partial charge in [-0.25, -0.2) is 0 Å². The Hall–Kier alpha value is -2.43. The lowest BCUT2D eigenvalue weighted by molar-refractivity contribution is 1.79. The third-order valence-electron chi connectivity index (χ3n) is 4.84. The molecule has 0 unspecified atom stereocenters. The molecule has 5 rings (SSSR count). The number of hydrogen-bond donors (Lipinski definition) is 0. The molecule has 0 nitrogen and oxygen atoms in total. The molecule has 0 atom stereocenters. The van der Waals surface area contributed by atoms with Crippen LogP contribution in [0.5, 0.6) is 0 Å². The average molecular weight is 334 g/mol. The van der Waals surface area contributed by atoms with Gasteiger partial charge in [0, 0.05) is 9.76 Å². The van der Waals surface area contributed by atoms with Gasteiger partial charge in [-0.1, -0.05) is 59.8 Å². The Balaban J connectivity index is 1.97. The second-order valence-corrected chi connectivity index (χ2v) is 7.75. The van der Waals surface area contributed by atoms with Crippen LogP contribution in [0.2, 0.25) is 0 Å². The Morgan fingerprint density at radius 3 is 1.83 bits per heavy atom. The Kier molecular flexibility index (Phi) is 3.08. The van der Waals surface area contributed by atoms with E-state index in [1.165, 1.54) is 48.3 Å². The summed E-state index contributed by atoms with van der Waals surface area (Å²) < 4.78 is 0. The lowest BCUT2D eigenvalue weighted by Gasteiger charge is -2.10. The van der Waals surface area contributed by atoms with Crippen LogP contribution in [-0.4, -0.2) is 18.8 Å². The molecule has 0 saturated heterocycles. The van der Waals surface area contributed by atoms with Crippen LogP contribution < -0.4 is 5.19 Å². The van der Waals surface area contributed by atoms with Gasteiger partial charge in [-0.2, -0.15) is 0 Å². The maximum Gasteiger partial charge on any atom is 0.0612 e. The zero-order chi connectivity index (χ0) is 16.1. The molecule has 24 heavy (non-hydrogen) atoms. The lowest BCUT2D eigenvalue weighted by atomic mass is 9.96. The molecule has 5 aromatic carbocycles. The predicted octanol–water partition coefficient (Wildman–Crippen LogP) is 4.71. The van der Waals surface area contributed by atoms with Crippen LogP contribution in [0, 0.1) is 0 Å². The van der Waals surface area contributed by atoms with Crippen LogP contribution >= 0.6 is 0 Å². The van der Waals surface area contributed by atoms with Crippen molar-refractivity contribution in [3.05, 3.63) is 78.9 Å². The molecular formula is C22H13Si2. The first kappa shape index (κ1) is 14.0. The molecule has 5 radical (unpaired) electrons. The average Bonchev–Trinajstić information content (AvgIpc) is 2.64. The van der Waals surface area contributed by atoms with Crippen molar-refractivity contribution in [3.8, 4) is 0 Å². The summed E-state index contributed by atoms with van der Waals surface area (Å²) >= 11 is 0. The van der Waals surface area contributed by atoms with Crippen molar-refractivity contribution in [1.29, 1.82) is 0 Å². The summed E-state index contributed by atoms with van der Waals surface area (Å²) in [7, 11) is 4.33. The van der Waals surface area contributed by atoms with E-state index < -0.39 is 0 Å². The Morgan fingerprint density at radius 1 is 0.500 bits per heavy atom. The van der Waals surface area contributed by atoms with E-state index in [2.05, 4.69) is 88.6 Å². The highest BCUT2D eigenvalue weighted by molar-refractivity contribution is 6.98. The molecule has 0 N–H and O–H groups in total. The first-order valence-corrected chi connectivity index (χ1v) is 10.5. The van der Waals surface area contributed by atoms with Gasteiger partial charge in [0.25, 0.3) is 0 Å². The SMILES string of the molecule is [Si][Si]c1cccc2cc3ccc4cc5ccccc5cc4c3cc12. The van der Waals surface area contributed by atoms with Crippen molar-refractivity contribution in [1.82, 2.24) is 0 Å². The van der Waals surface area contributed by atoms with Crippen LogP contribution in [0.3, 0.4) is 0 Å². The summed E-state index contributed by atoms with van der Waals surface area (Å²) in [4.78, 5) is 0. The largest absolute Gasteiger partial charge is 0.0632 e. The van der Waals surface area contributed by atoms with Gasteiger partial charge >= 0.3 is 0 Å². The summed E-state index contributed by atoms with van der Waals surface area (Å²) in [5, 5.41) is 11.9. The van der Waals surface area contributed by atoms with Gasteiger partial charge in [0.2, 0.25) is 0 Å². The molecule has 0 fully saturated rings. The van der Waals surface area contributed by atoms with Crippen LogP contribution in [0.4, 0.5) is 0 Å². The smallest absolute Gasteiger partial charge is 0.0612 e. The highest BCUT2D eigenvalue weighted by Crippen LogP contribution is 2.31. The number of rotatable bonds is 1. The van der Waals surface area contributed by atoms with Gasteiger partial charge in [-0.3, -0.25) is 0 Å². The third-order valence-corrected chi connectivity index (χ3v) is 6.35. The Labute approximate surface area is 146 Å². The standard InChI is InChI=1S/C22H13Si2/c23-24-22-7-3-6-16-11-18-9-8-17-10-14-4-1-2-5-15(14)12-19(17)20(18)13-21(16)22/h1-13H. The van der Waals surface area contributed by atoms with Gasteiger partial charge < -0.3 is 0 Å². The second kappa shape index (κ2) is 5.30. The van der Waals surface area contributed by atoms with E-state index in [4.69, 9.17) is 0 Å². The van der Waals surface area contributed by atoms with Gasteiger partial charge in [-0.15, -0.1) is 0 Å². The van der Waals surface area contributed by atoms with Gasteiger partial charge in [0.15, 0.2) is 0 Å². The molecule has 0 heterocycles. The zero-order valence-corrected chi connectivity index (χ0v) is 15.0. The molecule has 109 valence electrons. The van der Waals surface area contributed by atoms with E-state index in [1.54, 1.807) is 0 Å². The van der Waals surface area contributed by atoms with Gasteiger partial charge in [-0.05, 0) is 67.4 Å². The van der Waals surface area contributed by atoms with E-state index in [0.717, 1.165) is 0 Å². The van der Waals surface area contributed by atoms with Crippen LogP contribution in [0.15, 0.2) is 78.9 Å². The quantitative estimate of drug-likeness (QED) is 0.237. The maximum absolute atomic E-state index is 3.70. The minimum absolute atomic E-state index is 0.622. The maximum atomic E-state index is 3.70. The molecule has 0 saturated carbocycles. The van der Waals surface area contributed by atoms with E-state index in [1.807, 2.05) is 0 Å².